The third-order valence-corrected chi connectivity index (χ3v) is 7.16. The fourth-order valence-corrected chi connectivity index (χ4v) is 4.88. The maximum atomic E-state index is 13.2. The van der Waals surface area contributed by atoms with Crippen molar-refractivity contribution in [3.05, 3.63) is 59.2 Å². The van der Waals surface area contributed by atoms with Gasteiger partial charge in [-0.2, -0.15) is 0 Å². The first kappa shape index (κ1) is 24.3. The zero-order chi connectivity index (χ0) is 24.1. The maximum Gasteiger partial charge on any atom is 0.189 e. The molecular weight excluding hydrogens is 426 g/mol. The molecule has 0 aliphatic carbocycles. The van der Waals surface area contributed by atoms with Gasteiger partial charge in [0.15, 0.2) is 5.78 Å². The average Bonchev–Trinajstić information content (AvgIpc) is 2.87. The van der Waals surface area contributed by atoms with Crippen molar-refractivity contribution in [3.63, 3.8) is 0 Å². The molecule has 0 N–H and O–H groups in total. The summed E-state index contributed by atoms with van der Waals surface area (Å²) in [5.41, 5.74) is 3.93. The van der Waals surface area contributed by atoms with Gasteiger partial charge < -0.3 is 24.2 Å². The highest BCUT2D eigenvalue weighted by Gasteiger charge is 2.24. The van der Waals surface area contributed by atoms with Crippen LogP contribution in [-0.4, -0.2) is 83.2 Å². The van der Waals surface area contributed by atoms with Crippen molar-refractivity contribution in [1.29, 1.82) is 0 Å². The van der Waals surface area contributed by atoms with Gasteiger partial charge in [0, 0.05) is 37.9 Å². The fourth-order valence-electron chi connectivity index (χ4n) is 4.88. The van der Waals surface area contributed by atoms with Crippen molar-refractivity contribution in [3.8, 4) is 11.5 Å². The van der Waals surface area contributed by atoms with E-state index < -0.39 is 0 Å². The predicted octanol–water partition coefficient (Wildman–Crippen LogP) is 4.16. The summed E-state index contributed by atoms with van der Waals surface area (Å²) in [6, 6.07) is 12.3. The molecule has 0 atom stereocenters. The Morgan fingerprint density at radius 2 is 1.47 bits per heavy atom. The van der Waals surface area contributed by atoms with E-state index in [1.807, 2.05) is 18.2 Å². The van der Waals surface area contributed by atoms with E-state index in [2.05, 4.69) is 53.1 Å². The quantitative estimate of drug-likeness (QED) is 0.454. The van der Waals surface area contributed by atoms with Crippen LogP contribution in [0, 0.1) is 0 Å². The van der Waals surface area contributed by atoms with Crippen molar-refractivity contribution >= 4 is 17.5 Å². The molecule has 2 fully saturated rings. The summed E-state index contributed by atoms with van der Waals surface area (Å²) in [5, 5.41) is 0. The topological polar surface area (TPSA) is 45.3 Å². The van der Waals surface area contributed by atoms with Gasteiger partial charge in [0.1, 0.15) is 11.5 Å². The van der Waals surface area contributed by atoms with E-state index >= 15 is 0 Å². The average molecular weight is 464 g/mol. The van der Waals surface area contributed by atoms with Crippen LogP contribution in [0.1, 0.15) is 40.2 Å². The minimum absolute atomic E-state index is 0.0585. The number of ketones is 1. The van der Waals surface area contributed by atoms with Crippen LogP contribution in [-0.2, 0) is 0 Å². The fraction of sp³-hybridized carbons (Fsp3) is 0.464. The van der Waals surface area contributed by atoms with Gasteiger partial charge in [-0.25, -0.2) is 0 Å². The summed E-state index contributed by atoms with van der Waals surface area (Å²) in [5.74, 6) is 1.67. The van der Waals surface area contributed by atoms with E-state index in [1.54, 1.807) is 20.3 Å². The molecule has 2 heterocycles. The van der Waals surface area contributed by atoms with E-state index in [0.717, 1.165) is 69.0 Å². The number of piperazine rings is 1. The molecule has 2 aromatic rings. The monoisotopic (exact) mass is 463 g/mol. The lowest BCUT2D eigenvalue weighted by atomic mass is 9.87. The lowest BCUT2D eigenvalue weighted by Crippen LogP contribution is -2.44. The maximum absolute atomic E-state index is 13.2. The molecule has 0 radical (unpaired) electrons. The normalized spacial score (nSPS) is 18.4. The van der Waals surface area contributed by atoms with Crippen molar-refractivity contribution in [2.75, 3.05) is 72.5 Å². The van der Waals surface area contributed by atoms with E-state index in [1.165, 1.54) is 5.69 Å². The lowest BCUT2D eigenvalue weighted by molar-refractivity contribution is 0.104. The van der Waals surface area contributed by atoms with Gasteiger partial charge in [0.2, 0.25) is 0 Å². The van der Waals surface area contributed by atoms with Crippen LogP contribution < -0.4 is 14.4 Å². The number of likely N-dealkylation sites (N-methyl/N-ethyl adjacent to an activating group) is 1. The molecule has 34 heavy (non-hydrogen) atoms. The Labute approximate surface area is 203 Å². The summed E-state index contributed by atoms with van der Waals surface area (Å²) in [4.78, 5) is 20.3. The third-order valence-electron chi connectivity index (χ3n) is 7.16. The molecule has 2 aromatic carbocycles. The van der Waals surface area contributed by atoms with Crippen molar-refractivity contribution in [2.24, 2.45) is 0 Å². The number of ether oxygens (including phenoxy) is 2. The van der Waals surface area contributed by atoms with Crippen molar-refractivity contribution in [2.45, 2.75) is 18.8 Å². The SMILES string of the molecule is COc1cc(OC)c(C2CCN(C)CC2)cc1C(=O)/C=C/c1ccc(N2CCN(C)CC2)cc1. The summed E-state index contributed by atoms with van der Waals surface area (Å²) in [6.45, 7) is 6.35. The first-order valence-electron chi connectivity index (χ1n) is 12.2. The molecular formula is C28H37N3O3. The highest BCUT2D eigenvalue weighted by molar-refractivity contribution is 6.09. The number of methoxy groups -OCH3 is 2. The first-order valence-corrected chi connectivity index (χ1v) is 12.2. The number of carbonyl (C=O) groups is 1. The summed E-state index contributed by atoms with van der Waals surface area (Å²) < 4.78 is 11.2. The number of nitrogens with zero attached hydrogens (tertiary/aromatic N) is 3. The first-order chi connectivity index (χ1) is 16.5. The second-order valence-electron chi connectivity index (χ2n) is 9.45. The van der Waals surface area contributed by atoms with Gasteiger partial charge in [0.05, 0.1) is 19.8 Å². The Balaban J connectivity index is 1.51. The van der Waals surface area contributed by atoms with Gasteiger partial charge in [0.25, 0.3) is 0 Å². The van der Waals surface area contributed by atoms with Crippen LogP contribution in [0.2, 0.25) is 0 Å². The molecule has 2 saturated heterocycles. The van der Waals surface area contributed by atoms with Crippen LogP contribution in [0.5, 0.6) is 11.5 Å². The summed E-state index contributed by atoms with van der Waals surface area (Å²) in [6.07, 6.45) is 5.65. The highest BCUT2D eigenvalue weighted by Crippen LogP contribution is 2.38. The summed E-state index contributed by atoms with van der Waals surface area (Å²) >= 11 is 0. The van der Waals surface area contributed by atoms with Gasteiger partial charge in [-0.3, -0.25) is 4.79 Å². The Bertz CT molecular complexity index is 1000. The number of hydrogen-bond acceptors (Lipinski definition) is 6. The van der Waals surface area contributed by atoms with Crippen LogP contribution >= 0.6 is 0 Å². The van der Waals surface area contributed by atoms with E-state index in [9.17, 15) is 4.79 Å². The molecule has 6 nitrogen and oxygen atoms in total. The molecule has 0 aromatic heterocycles. The minimum atomic E-state index is -0.0585. The Morgan fingerprint density at radius 3 is 2.09 bits per heavy atom. The van der Waals surface area contributed by atoms with Crippen molar-refractivity contribution < 1.29 is 14.3 Å². The molecule has 0 amide bonds. The van der Waals surface area contributed by atoms with Crippen LogP contribution in [0.25, 0.3) is 6.08 Å². The van der Waals surface area contributed by atoms with E-state index in [4.69, 9.17) is 9.47 Å². The summed E-state index contributed by atoms with van der Waals surface area (Å²) in [7, 11) is 7.59. The van der Waals surface area contributed by atoms with Crippen LogP contribution in [0.4, 0.5) is 5.69 Å². The second kappa shape index (κ2) is 11.1. The smallest absolute Gasteiger partial charge is 0.189 e. The Hall–Kier alpha value is -2.83. The van der Waals surface area contributed by atoms with Gasteiger partial charge in [-0.1, -0.05) is 18.2 Å². The number of likely N-dealkylation sites (tertiary alicyclic amines) is 1. The lowest BCUT2D eigenvalue weighted by Gasteiger charge is -2.34. The molecule has 0 spiro atoms. The number of allylic oxidation sites excluding steroid dienone is 1. The highest BCUT2D eigenvalue weighted by atomic mass is 16.5. The molecule has 182 valence electrons. The number of benzene rings is 2. The molecule has 4 rings (SSSR count). The van der Waals surface area contributed by atoms with Gasteiger partial charge in [-0.15, -0.1) is 0 Å². The molecule has 2 aliphatic heterocycles. The minimum Gasteiger partial charge on any atom is -0.496 e. The second-order valence-corrected chi connectivity index (χ2v) is 9.45. The number of piperidine rings is 1. The molecule has 0 saturated carbocycles. The number of anilines is 1. The third kappa shape index (κ3) is 5.62. The van der Waals surface area contributed by atoms with Crippen molar-refractivity contribution in [1.82, 2.24) is 9.80 Å². The van der Waals surface area contributed by atoms with Gasteiger partial charge >= 0.3 is 0 Å². The Kier molecular flexibility index (Phi) is 7.91. The number of rotatable bonds is 7. The zero-order valence-corrected chi connectivity index (χ0v) is 20.9. The Morgan fingerprint density at radius 1 is 0.853 bits per heavy atom. The molecule has 2 aliphatic rings. The number of carbonyl (C=O) groups excluding carboxylic acids is 1. The van der Waals surface area contributed by atoms with Crippen LogP contribution in [0.15, 0.2) is 42.5 Å². The molecule has 0 unspecified atom stereocenters. The largest absolute Gasteiger partial charge is 0.496 e. The molecule has 0 bridgehead atoms. The predicted molar refractivity (Wildman–Crippen MR) is 139 cm³/mol. The standard InChI is InChI=1S/C28H37N3O3/c1-29-13-11-22(12-14-29)24-19-25(28(34-4)20-27(24)33-3)26(32)10-7-21-5-8-23(9-6-21)31-17-15-30(2)16-18-31/h5-10,19-20,22H,11-18H2,1-4H3/b10-7+. The number of hydrogen-bond donors (Lipinski definition) is 0. The van der Waals surface area contributed by atoms with Crippen LogP contribution in [0.3, 0.4) is 0 Å². The van der Waals surface area contributed by atoms with E-state index in [-0.39, 0.29) is 5.78 Å². The van der Waals surface area contributed by atoms with Gasteiger partial charge in [-0.05, 0) is 81.3 Å². The van der Waals surface area contributed by atoms with E-state index in [0.29, 0.717) is 17.2 Å². The molecule has 6 heteroatoms. The zero-order valence-electron chi connectivity index (χ0n) is 20.9.